The van der Waals surface area contributed by atoms with Crippen molar-refractivity contribution in [1.82, 2.24) is 10.2 Å². The predicted octanol–water partition coefficient (Wildman–Crippen LogP) is 3.13. The van der Waals surface area contributed by atoms with Gasteiger partial charge in [0.15, 0.2) is 0 Å². The fourth-order valence-electron chi connectivity index (χ4n) is 4.76. The molecule has 0 aromatic carbocycles. The summed E-state index contributed by atoms with van der Waals surface area (Å²) in [7, 11) is 0. The molecule has 2 heteroatoms. The summed E-state index contributed by atoms with van der Waals surface area (Å²) in [6.07, 6.45) is 7.48. The molecule has 2 bridgehead atoms. The lowest BCUT2D eigenvalue weighted by molar-refractivity contribution is 0.140. The van der Waals surface area contributed by atoms with E-state index in [4.69, 9.17) is 0 Å². The van der Waals surface area contributed by atoms with Crippen LogP contribution in [0.4, 0.5) is 0 Å². The molecule has 3 rings (SSSR count). The summed E-state index contributed by atoms with van der Waals surface area (Å²) < 4.78 is 0. The second kappa shape index (κ2) is 5.73. The van der Waals surface area contributed by atoms with Crippen LogP contribution in [0.2, 0.25) is 0 Å². The van der Waals surface area contributed by atoms with Crippen LogP contribution in [0.25, 0.3) is 0 Å². The van der Waals surface area contributed by atoms with Crippen LogP contribution in [0.3, 0.4) is 0 Å². The molecule has 2 saturated carbocycles. The van der Waals surface area contributed by atoms with Crippen molar-refractivity contribution in [2.24, 2.45) is 23.7 Å². The molecule has 5 unspecified atom stereocenters. The van der Waals surface area contributed by atoms with E-state index in [0.29, 0.717) is 6.04 Å². The molecule has 0 aromatic heterocycles. The number of nitrogens with zero attached hydrogens (tertiary/aromatic N) is 1. The highest BCUT2D eigenvalue weighted by Crippen LogP contribution is 2.48. The van der Waals surface area contributed by atoms with Crippen LogP contribution >= 0.6 is 0 Å². The second-order valence-electron chi connectivity index (χ2n) is 7.83. The molecule has 0 radical (unpaired) electrons. The van der Waals surface area contributed by atoms with Gasteiger partial charge in [-0.1, -0.05) is 20.3 Å². The van der Waals surface area contributed by atoms with E-state index in [2.05, 4.69) is 31.0 Å². The van der Waals surface area contributed by atoms with Crippen molar-refractivity contribution in [1.29, 1.82) is 0 Å². The summed E-state index contributed by atoms with van der Waals surface area (Å²) in [6.45, 7) is 11.0. The average molecular weight is 264 g/mol. The quantitative estimate of drug-likeness (QED) is 0.842. The largest absolute Gasteiger partial charge is 0.312 e. The van der Waals surface area contributed by atoms with Crippen LogP contribution in [0, 0.1) is 23.7 Å². The molecule has 5 atom stereocenters. The molecule has 0 aromatic rings. The highest BCUT2D eigenvalue weighted by molar-refractivity contribution is 4.93. The first-order valence-corrected chi connectivity index (χ1v) is 8.61. The van der Waals surface area contributed by atoms with Gasteiger partial charge in [0.2, 0.25) is 0 Å². The van der Waals surface area contributed by atoms with Gasteiger partial charge in [0, 0.05) is 25.2 Å². The lowest BCUT2D eigenvalue weighted by Gasteiger charge is -2.35. The Kier molecular flexibility index (Phi) is 4.19. The summed E-state index contributed by atoms with van der Waals surface area (Å²) in [4.78, 5) is 2.82. The SMILES string of the molecule is CC(C)C1CN(CC2CC3CCC2C3)C(C)CCN1. The van der Waals surface area contributed by atoms with Gasteiger partial charge in [-0.05, 0) is 62.8 Å². The smallest absolute Gasteiger partial charge is 0.0218 e. The number of hydrogen-bond acceptors (Lipinski definition) is 2. The molecule has 3 fully saturated rings. The molecule has 19 heavy (non-hydrogen) atoms. The van der Waals surface area contributed by atoms with E-state index in [1.807, 2.05) is 0 Å². The predicted molar refractivity (Wildman–Crippen MR) is 81.2 cm³/mol. The molecule has 1 aliphatic heterocycles. The lowest BCUT2D eigenvalue weighted by atomic mass is 9.88. The third-order valence-corrected chi connectivity index (χ3v) is 6.18. The van der Waals surface area contributed by atoms with E-state index in [0.717, 1.165) is 29.7 Å². The molecule has 110 valence electrons. The summed E-state index contributed by atoms with van der Waals surface area (Å²) in [5.74, 6) is 3.95. The first-order chi connectivity index (χ1) is 9.13. The van der Waals surface area contributed by atoms with E-state index < -0.39 is 0 Å². The first-order valence-electron chi connectivity index (χ1n) is 8.61. The molecule has 1 saturated heterocycles. The average Bonchev–Trinajstić information content (AvgIpc) is 2.93. The summed E-state index contributed by atoms with van der Waals surface area (Å²) in [6, 6.07) is 1.47. The number of nitrogens with one attached hydrogen (secondary N) is 1. The van der Waals surface area contributed by atoms with Crippen molar-refractivity contribution in [3.8, 4) is 0 Å². The van der Waals surface area contributed by atoms with Gasteiger partial charge in [0.1, 0.15) is 0 Å². The Morgan fingerprint density at radius 3 is 2.63 bits per heavy atom. The maximum atomic E-state index is 3.76. The van der Waals surface area contributed by atoms with Crippen molar-refractivity contribution < 1.29 is 0 Å². The highest BCUT2D eigenvalue weighted by Gasteiger charge is 2.40. The summed E-state index contributed by atoms with van der Waals surface area (Å²) >= 11 is 0. The van der Waals surface area contributed by atoms with Gasteiger partial charge in [-0.2, -0.15) is 0 Å². The van der Waals surface area contributed by atoms with Crippen LogP contribution in [-0.4, -0.2) is 36.6 Å². The number of rotatable bonds is 3. The Morgan fingerprint density at radius 1 is 1.16 bits per heavy atom. The van der Waals surface area contributed by atoms with Gasteiger partial charge in [0.05, 0.1) is 0 Å². The number of hydrogen-bond donors (Lipinski definition) is 1. The van der Waals surface area contributed by atoms with Crippen LogP contribution < -0.4 is 5.32 Å². The van der Waals surface area contributed by atoms with Crippen LogP contribution in [0.15, 0.2) is 0 Å². The zero-order valence-corrected chi connectivity index (χ0v) is 13.1. The topological polar surface area (TPSA) is 15.3 Å². The normalized spacial score (nSPS) is 43.9. The van der Waals surface area contributed by atoms with Crippen molar-refractivity contribution in [2.75, 3.05) is 19.6 Å². The first kappa shape index (κ1) is 13.9. The van der Waals surface area contributed by atoms with E-state index in [1.54, 1.807) is 6.42 Å². The molecule has 3 aliphatic rings. The van der Waals surface area contributed by atoms with Crippen molar-refractivity contribution in [3.05, 3.63) is 0 Å². The van der Waals surface area contributed by atoms with Crippen LogP contribution in [0.5, 0.6) is 0 Å². The van der Waals surface area contributed by atoms with Gasteiger partial charge in [-0.25, -0.2) is 0 Å². The molecule has 0 amide bonds. The zero-order valence-electron chi connectivity index (χ0n) is 13.1. The molecule has 1 heterocycles. The Hall–Kier alpha value is -0.0800. The third kappa shape index (κ3) is 3.00. The maximum Gasteiger partial charge on any atom is 0.0218 e. The molecular weight excluding hydrogens is 232 g/mol. The minimum absolute atomic E-state index is 0.698. The molecular formula is C17H32N2. The summed E-state index contributed by atoms with van der Waals surface area (Å²) in [5.41, 5.74) is 0. The third-order valence-electron chi connectivity index (χ3n) is 6.18. The van der Waals surface area contributed by atoms with Gasteiger partial charge < -0.3 is 5.32 Å². The van der Waals surface area contributed by atoms with Crippen molar-refractivity contribution in [3.63, 3.8) is 0 Å². The molecule has 1 N–H and O–H groups in total. The lowest BCUT2D eigenvalue weighted by Crippen LogP contribution is -2.45. The van der Waals surface area contributed by atoms with E-state index >= 15 is 0 Å². The van der Waals surface area contributed by atoms with Crippen LogP contribution in [0.1, 0.15) is 52.9 Å². The standard InChI is InChI=1S/C17H32N2/c1-12(2)17-11-19(13(3)6-7-18-17)10-16-9-14-4-5-15(16)8-14/h12-18H,4-11H2,1-3H3. The second-order valence-corrected chi connectivity index (χ2v) is 7.83. The summed E-state index contributed by atoms with van der Waals surface area (Å²) in [5, 5.41) is 3.76. The van der Waals surface area contributed by atoms with Gasteiger partial charge in [-0.3, -0.25) is 4.90 Å². The Balaban J connectivity index is 1.60. The number of fused-ring (bicyclic) bond motifs is 2. The highest BCUT2D eigenvalue weighted by atomic mass is 15.2. The molecule has 2 aliphatic carbocycles. The van der Waals surface area contributed by atoms with E-state index in [-0.39, 0.29) is 0 Å². The maximum absolute atomic E-state index is 3.76. The van der Waals surface area contributed by atoms with Gasteiger partial charge in [-0.15, -0.1) is 0 Å². The molecule has 0 spiro atoms. The van der Waals surface area contributed by atoms with Crippen molar-refractivity contribution >= 4 is 0 Å². The Labute approximate surface area is 119 Å². The van der Waals surface area contributed by atoms with Gasteiger partial charge in [0.25, 0.3) is 0 Å². The van der Waals surface area contributed by atoms with Crippen molar-refractivity contribution in [2.45, 2.75) is 65.0 Å². The fraction of sp³-hybridized carbons (Fsp3) is 1.00. The minimum atomic E-state index is 0.698. The van der Waals surface area contributed by atoms with E-state index in [1.165, 1.54) is 45.3 Å². The van der Waals surface area contributed by atoms with Crippen LogP contribution in [-0.2, 0) is 0 Å². The monoisotopic (exact) mass is 264 g/mol. The van der Waals surface area contributed by atoms with Gasteiger partial charge >= 0.3 is 0 Å². The Morgan fingerprint density at radius 2 is 2.00 bits per heavy atom. The Bertz CT molecular complexity index is 302. The minimum Gasteiger partial charge on any atom is -0.312 e. The molecule has 2 nitrogen and oxygen atoms in total. The van der Waals surface area contributed by atoms with E-state index in [9.17, 15) is 0 Å². The zero-order chi connectivity index (χ0) is 13.4. The fourth-order valence-corrected chi connectivity index (χ4v) is 4.76.